The number of carbonyl (C=O) groups is 1. The van der Waals surface area contributed by atoms with Crippen molar-refractivity contribution in [1.29, 1.82) is 0 Å². The summed E-state index contributed by atoms with van der Waals surface area (Å²) < 4.78 is 1.68. The van der Waals surface area contributed by atoms with Crippen LogP contribution in [0.1, 0.15) is 17.9 Å². The van der Waals surface area contributed by atoms with Gasteiger partial charge in [0, 0.05) is 31.4 Å². The van der Waals surface area contributed by atoms with Crippen LogP contribution >= 0.6 is 0 Å². The summed E-state index contributed by atoms with van der Waals surface area (Å²) in [6.07, 6.45) is 4.57. The zero-order valence-electron chi connectivity index (χ0n) is 10.8. The second-order valence-corrected chi connectivity index (χ2v) is 4.94. The molecule has 0 radical (unpaired) electrons. The fourth-order valence-corrected chi connectivity index (χ4v) is 2.62. The minimum atomic E-state index is 0.155. The maximum absolute atomic E-state index is 12.2. The Kier molecular flexibility index (Phi) is 3.31. The van der Waals surface area contributed by atoms with E-state index < -0.39 is 0 Å². The zero-order valence-corrected chi connectivity index (χ0v) is 10.8. The number of hydrogen-bond donors (Lipinski definition) is 0. The molecule has 1 unspecified atom stereocenters. The molecule has 1 saturated heterocycles. The van der Waals surface area contributed by atoms with Gasteiger partial charge in [0.1, 0.15) is 6.54 Å². The maximum Gasteiger partial charge on any atom is 0.244 e. The first-order chi connectivity index (χ1) is 9.33. The molecule has 1 aliphatic heterocycles. The Morgan fingerprint density at radius 3 is 2.84 bits per heavy atom. The van der Waals surface area contributed by atoms with Crippen LogP contribution in [0.5, 0.6) is 0 Å². The predicted octanol–water partition coefficient (Wildman–Crippen LogP) is 1.90. The van der Waals surface area contributed by atoms with Gasteiger partial charge in [-0.25, -0.2) is 0 Å². The van der Waals surface area contributed by atoms with E-state index in [2.05, 4.69) is 29.4 Å². The Morgan fingerprint density at radius 1 is 1.26 bits per heavy atom. The number of likely N-dealkylation sites (tertiary alicyclic amines) is 1. The Balaban J connectivity index is 1.61. The molecule has 0 saturated carbocycles. The first-order valence-corrected chi connectivity index (χ1v) is 6.63. The third kappa shape index (κ3) is 2.67. The molecule has 0 spiro atoms. The summed E-state index contributed by atoms with van der Waals surface area (Å²) in [5.74, 6) is 0.630. The molecule has 2 heterocycles. The first-order valence-electron chi connectivity index (χ1n) is 6.63. The van der Waals surface area contributed by atoms with Gasteiger partial charge in [0.15, 0.2) is 0 Å². The molecule has 3 rings (SSSR count). The largest absolute Gasteiger partial charge is 0.340 e. The van der Waals surface area contributed by atoms with Gasteiger partial charge in [0.25, 0.3) is 0 Å². The molecule has 0 N–H and O–H groups in total. The molecule has 1 aromatic carbocycles. The monoisotopic (exact) mass is 255 g/mol. The molecule has 19 heavy (non-hydrogen) atoms. The van der Waals surface area contributed by atoms with Crippen LogP contribution in [-0.4, -0.2) is 33.7 Å². The van der Waals surface area contributed by atoms with Gasteiger partial charge in [0.2, 0.25) is 5.91 Å². The normalized spacial score (nSPS) is 18.7. The van der Waals surface area contributed by atoms with E-state index in [4.69, 9.17) is 0 Å². The summed E-state index contributed by atoms with van der Waals surface area (Å²) in [7, 11) is 0. The van der Waals surface area contributed by atoms with Crippen LogP contribution in [0, 0.1) is 0 Å². The van der Waals surface area contributed by atoms with Crippen LogP contribution in [0.2, 0.25) is 0 Å². The van der Waals surface area contributed by atoms with E-state index in [1.165, 1.54) is 5.56 Å². The molecule has 4 heteroatoms. The minimum absolute atomic E-state index is 0.155. The van der Waals surface area contributed by atoms with Crippen LogP contribution in [-0.2, 0) is 11.3 Å². The first kappa shape index (κ1) is 12.0. The zero-order chi connectivity index (χ0) is 13.1. The molecule has 0 bridgehead atoms. The van der Waals surface area contributed by atoms with Crippen molar-refractivity contribution in [3.05, 3.63) is 54.4 Å². The van der Waals surface area contributed by atoms with Gasteiger partial charge in [-0.15, -0.1) is 0 Å². The SMILES string of the molecule is O=C(Cn1cccn1)N1CCC(c2ccccc2)C1. The highest BCUT2D eigenvalue weighted by molar-refractivity contribution is 5.76. The van der Waals surface area contributed by atoms with E-state index in [1.807, 2.05) is 23.2 Å². The van der Waals surface area contributed by atoms with E-state index in [9.17, 15) is 4.79 Å². The number of amides is 1. The van der Waals surface area contributed by atoms with Gasteiger partial charge in [-0.2, -0.15) is 5.10 Å². The van der Waals surface area contributed by atoms with Crippen LogP contribution in [0.3, 0.4) is 0 Å². The lowest BCUT2D eigenvalue weighted by Crippen LogP contribution is -2.31. The predicted molar refractivity (Wildman–Crippen MR) is 72.6 cm³/mol. The molecule has 2 aromatic rings. The highest BCUT2D eigenvalue weighted by atomic mass is 16.2. The van der Waals surface area contributed by atoms with Gasteiger partial charge in [-0.05, 0) is 18.1 Å². The van der Waals surface area contributed by atoms with Crippen molar-refractivity contribution >= 4 is 5.91 Å². The number of hydrogen-bond acceptors (Lipinski definition) is 2. The van der Waals surface area contributed by atoms with Crippen molar-refractivity contribution in [1.82, 2.24) is 14.7 Å². The fourth-order valence-electron chi connectivity index (χ4n) is 2.62. The second-order valence-electron chi connectivity index (χ2n) is 4.94. The Morgan fingerprint density at radius 2 is 2.11 bits per heavy atom. The van der Waals surface area contributed by atoms with Crippen molar-refractivity contribution in [2.45, 2.75) is 18.9 Å². The maximum atomic E-state index is 12.2. The summed E-state index contributed by atoms with van der Waals surface area (Å²) in [4.78, 5) is 14.1. The summed E-state index contributed by atoms with van der Waals surface area (Å²) in [5.41, 5.74) is 1.33. The standard InChI is InChI=1S/C15H17N3O/c19-15(12-18-9-4-8-16-18)17-10-7-14(11-17)13-5-2-1-3-6-13/h1-6,8-9,14H,7,10-12H2. The highest BCUT2D eigenvalue weighted by Gasteiger charge is 2.27. The summed E-state index contributed by atoms with van der Waals surface area (Å²) in [6, 6.07) is 12.3. The Hall–Kier alpha value is -2.10. The van der Waals surface area contributed by atoms with Crippen molar-refractivity contribution in [3.8, 4) is 0 Å². The molecular weight excluding hydrogens is 238 g/mol. The molecular formula is C15H17N3O. The van der Waals surface area contributed by atoms with E-state index in [1.54, 1.807) is 10.9 Å². The smallest absolute Gasteiger partial charge is 0.244 e. The van der Waals surface area contributed by atoms with E-state index in [0.29, 0.717) is 12.5 Å². The molecule has 1 atom stereocenters. The van der Waals surface area contributed by atoms with Crippen molar-refractivity contribution in [2.24, 2.45) is 0 Å². The van der Waals surface area contributed by atoms with Crippen LogP contribution in [0.4, 0.5) is 0 Å². The third-order valence-electron chi connectivity index (χ3n) is 3.67. The number of carbonyl (C=O) groups excluding carboxylic acids is 1. The number of nitrogens with zero attached hydrogens (tertiary/aromatic N) is 3. The minimum Gasteiger partial charge on any atom is -0.340 e. The van der Waals surface area contributed by atoms with Gasteiger partial charge >= 0.3 is 0 Å². The van der Waals surface area contributed by atoms with Gasteiger partial charge < -0.3 is 4.90 Å². The van der Waals surface area contributed by atoms with Crippen LogP contribution in [0.15, 0.2) is 48.8 Å². The van der Waals surface area contributed by atoms with E-state index >= 15 is 0 Å². The Labute approximate surface area is 112 Å². The lowest BCUT2D eigenvalue weighted by Gasteiger charge is -2.16. The van der Waals surface area contributed by atoms with Crippen molar-refractivity contribution < 1.29 is 4.79 Å². The molecule has 1 fully saturated rings. The average Bonchev–Trinajstić information content (AvgIpc) is 3.10. The third-order valence-corrected chi connectivity index (χ3v) is 3.67. The van der Waals surface area contributed by atoms with E-state index in [-0.39, 0.29) is 5.91 Å². The molecule has 4 nitrogen and oxygen atoms in total. The molecule has 98 valence electrons. The summed E-state index contributed by atoms with van der Waals surface area (Å²) in [5, 5.41) is 4.07. The molecule has 0 aliphatic carbocycles. The highest BCUT2D eigenvalue weighted by Crippen LogP contribution is 2.26. The summed E-state index contributed by atoms with van der Waals surface area (Å²) in [6.45, 7) is 2.01. The van der Waals surface area contributed by atoms with Crippen LogP contribution in [0.25, 0.3) is 0 Å². The van der Waals surface area contributed by atoms with Crippen molar-refractivity contribution in [2.75, 3.05) is 13.1 Å². The quantitative estimate of drug-likeness (QED) is 0.840. The Bertz CT molecular complexity index is 536. The van der Waals surface area contributed by atoms with Gasteiger partial charge in [-0.3, -0.25) is 9.48 Å². The second kappa shape index (κ2) is 5.26. The van der Waals surface area contributed by atoms with Crippen molar-refractivity contribution in [3.63, 3.8) is 0 Å². The molecule has 1 aromatic heterocycles. The topological polar surface area (TPSA) is 38.1 Å². The molecule has 1 aliphatic rings. The van der Waals surface area contributed by atoms with Crippen LogP contribution < -0.4 is 0 Å². The van der Waals surface area contributed by atoms with Gasteiger partial charge in [-0.1, -0.05) is 30.3 Å². The number of aromatic nitrogens is 2. The van der Waals surface area contributed by atoms with Gasteiger partial charge in [0.05, 0.1) is 0 Å². The lowest BCUT2D eigenvalue weighted by molar-refractivity contribution is -0.131. The van der Waals surface area contributed by atoms with E-state index in [0.717, 1.165) is 19.5 Å². The summed E-state index contributed by atoms with van der Waals surface area (Å²) >= 11 is 0. The fraction of sp³-hybridized carbons (Fsp3) is 0.333. The molecule has 1 amide bonds. The number of rotatable bonds is 3. The lowest BCUT2D eigenvalue weighted by atomic mass is 9.99. The number of benzene rings is 1. The average molecular weight is 255 g/mol.